The van der Waals surface area contributed by atoms with E-state index >= 15 is 0 Å². The monoisotopic (exact) mass is 337 g/mol. The Hall–Kier alpha value is -2.33. The van der Waals surface area contributed by atoms with Crippen LogP contribution in [0.4, 0.5) is 5.69 Å². The van der Waals surface area contributed by atoms with Crippen LogP contribution in [0, 0.1) is 0 Å². The van der Waals surface area contributed by atoms with Gasteiger partial charge in [-0.15, -0.1) is 0 Å². The molecule has 1 saturated heterocycles. The van der Waals surface area contributed by atoms with E-state index in [1.807, 2.05) is 24.3 Å². The fourth-order valence-electron chi connectivity index (χ4n) is 3.26. The second-order valence-corrected chi connectivity index (χ2v) is 6.78. The first-order chi connectivity index (χ1) is 12.2. The molecule has 4 heteroatoms. The average molecular weight is 337 g/mol. The SMILES string of the molecule is Nc1ccccc1CCC(=O)NCc1ccc(CN2CCCC2)cc1. The third-order valence-electron chi connectivity index (χ3n) is 4.79. The number of carbonyl (C=O) groups excluding carboxylic acids is 1. The van der Waals surface area contributed by atoms with Crippen molar-refractivity contribution in [3.63, 3.8) is 0 Å². The van der Waals surface area contributed by atoms with Crippen LogP contribution in [-0.4, -0.2) is 23.9 Å². The molecular formula is C21H27N3O. The van der Waals surface area contributed by atoms with Gasteiger partial charge in [-0.05, 0) is 55.1 Å². The maximum atomic E-state index is 12.0. The molecule has 25 heavy (non-hydrogen) atoms. The Bertz CT molecular complexity index is 691. The lowest BCUT2D eigenvalue weighted by Crippen LogP contribution is -2.23. The molecule has 0 unspecified atom stereocenters. The third kappa shape index (κ3) is 5.33. The van der Waals surface area contributed by atoms with Gasteiger partial charge in [-0.2, -0.15) is 0 Å². The first-order valence-corrected chi connectivity index (χ1v) is 9.11. The Morgan fingerprint density at radius 3 is 2.40 bits per heavy atom. The van der Waals surface area contributed by atoms with Crippen LogP contribution in [0.2, 0.25) is 0 Å². The number of carbonyl (C=O) groups is 1. The van der Waals surface area contributed by atoms with Gasteiger partial charge in [0, 0.05) is 25.2 Å². The molecule has 2 aromatic carbocycles. The Balaban J connectivity index is 1.41. The van der Waals surface area contributed by atoms with Crippen molar-refractivity contribution < 1.29 is 4.79 Å². The fraction of sp³-hybridized carbons (Fsp3) is 0.381. The van der Waals surface area contributed by atoms with E-state index in [1.54, 1.807) is 0 Å². The number of amides is 1. The molecule has 1 amide bonds. The number of nitrogens with one attached hydrogen (secondary N) is 1. The van der Waals surface area contributed by atoms with Crippen molar-refractivity contribution in [3.05, 3.63) is 65.2 Å². The molecule has 1 aliphatic rings. The first-order valence-electron chi connectivity index (χ1n) is 9.11. The molecule has 1 aliphatic heterocycles. The molecule has 4 nitrogen and oxygen atoms in total. The van der Waals surface area contributed by atoms with Crippen molar-refractivity contribution in [3.8, 4) is 0 Å². The maximum absolute atomic E-state index is 12.0. The van der Waals surface area contributed by atoms with E-state index < -0.39 is 0 Å². The molecule has 1 fully saturated rings. The number of nitrogens with two attached hydrogens (primary N) is 1. The highest BCUT2D eigenvalue weighted by atomic mass is 16.1. The van der Waals surface area contributed by atoms with E-state index in [0.717, 1.165) is 23.4 Å². The molecule has 0 atom stereocenters. The second kappa shape index (κ2) is 8.67. The van der Waals surface area contributed by atoms with Crippen molar-refractivity contribution in [1.82, 2.24) is 10.2 Å². The zero-order chi connectivity index (χ0) is 17.5. The lowest BCUT2D eigenvalue weighted by atomic mass is 10.1. The fourth-order valence-corrected chi connectivity index (χ4v) is 3.26. The van der Waals surface area contributed by atoms with Crippen LogP contribution < -0.4 is 11.1 Å². The van der Waals surface area contributed by atoms with Crippen molar-refractivity contribution in [2.24, 2.45) is 0 Å². The zero-order valence-electron chi connectivity index (χ0n) is 14.7. The number of likely N-dealkylation sites (tertiary alicyclic amines) is 1. The van der Waals surface area contributed by atoms with Gasteiger partial charge in [-0.3, -0.25) is 9.69 Å². The van der Waals surface area contributed by atoms with Crippen molar-refractivity contribution >= 4 is 11.6 Å². The third-order valence-corrected chi connectivity index (χ3v) is 4.79. The lowest BCUT2D eigenvalue weighted by Gasteiger charge is -2.14. The summed E-state index contributed by atoms with van der Waals surface area (Å²) in [5.41, 5.74) is 10.2. The maximum Gasteiger partial charge on any atom is 0.220 e. The van der Waals surface area contributed by atoms with Crippen molar-refractivity contribution in [2.45, 2.75) is 38.8 Å². The van der Waals surface area contributed by atoms with Gasteiger partial charge in [0.2, 0.25) is 5.91 Å². The highest BCUT2D eigenvalue weighted by Gasteiger charge is 2.11. The second-order valence-electron chi connectivity index (χ2n) is 6.78. The van der Waals surface area contributed by atoms with Crippen molar-refractivity contribution in [2.75, 3.05) is 18.8 Å². The standard InChI is InChI=1S/C21H27N3O/c22-20-6-2-1-5-19(20)11-12-21(25)23-15-17-7-9-18(10-8-17)16-24-13-3-4-14-24/h1-2,5-10H,3-4,11-16,22H2,(H,23,25). The molecule has 3 rings (SSSR count). The molecule has 3 N–H and O–H groups in total. The number of nitrogens with zero attached hydrogens (tertiary/aromatic N) is 1. The quantitative estimate of drug-likeness (QED) is 0.763. The van der Waals surface area contributed by atoms with Gasteiger partial charge in [-0.25, -0.2) is 0 Å². The van der Waals surface area contributed by atoms with Gasteiger partial charge in [-0.1, -0.05) is 42.5 Å². The molecule has 0 spiro atoms. The molecule has 0 saturated carbocycles. The zero-order valence-corrected chi connectivity index (χ0v) is 14.7. The summed E-state index contributed by atoms with van der Waals surface area (Å²) in [4.78, 5) is 14.5. The van der Waals surface area contributed by atoms with Crippen LogP contribution >= 0.6 is 0 Å². The topological polar surface area (TPSA) is 58.4 Å². The minimum absolute atomic E-state index is 0.0596. The van der Waals surface area contributed by atoms with Crippen LogP contribution in [0.1, 0.15) is 36.0 Å². The smallest absolute Gasteiger partial charge is 0.220 e. The van der Waals surface area contributed by atoms with Gasteiger partial charge in [0.25, 0.3) is 0 Å². The number of benzene rings is 2. The number of hydrogen-bond donors (Lipinski definition) is 2. The van der Waals surface area contributed by atoms with Crippen LogP contribution in [0.25, 0.3) is 0 Å². The van der Waals surface area contributed by atoms with Crippen LogP contribution in [-0.2, 0) is 24.3 Å². The predicted molar refractivity (Wildman–Crippen MR) is 102 cm³/mol. The van der Waals surface area contributed by atoms with Gasteiger partial charge < -0.3 is 11.1 Å². The van der Waals surface area contributed by atoms with E-state index in [-0.39, 0.29) is 5.91 Å². The largest absolute Gasteiger partial charge is 0.399 e. The Morgan fingerprint density at radius 1 is 1.00 bits per heavy atom. The highest BCUT2D eigenvalue weighted by Crippen LogP contribution is 2.14. The Kier molecular flexibility index (Phi) is 6.07. The Morgan fingerprint density at radius 2 is 1.68 bits per heavy atom. The molecule has 2 aromatic rings. The lowest BCUT2D eigenvalue weighted by molar-refractivity contribution is -0.121. The van der Waals surface area contributed by atoms with Crippen LogP contribution in [0.3, 0.4) is 0 Å². The normalized spacial score (nSPS) is 14.6. The summed E-state index contributed by atoms with van der Waals surface area (Å²) in [7, 11) is 0. The average Bonchev–Trinajstić information content (AvgIpc) is 3.13. The summed E-state index contributed by atoms with van der Waals surface area (Å²) in [6.07, 6.45) is 3.77. The molecule has 0 radical (unpaired) electrons. The van der Waals surface area contributed by atoms with Gasteiger partial charge >= 0.3 is 0 Å². The number of anilines is 1. The number of hydrogen-bond acceptors (Lipinski definition) is 3. The van der Waals surface area contributed by atoms with E-state index in [4.69, 9.17) is 5.73 Å². The summed E-state index contributed by atoms with van der Waals surface area (Å²) in [5.74, 6) is 0.0596. The van der Waals surface area contributed by atoms with E-state index in [0.29, 0.717) is 19.4 Å². The minimum atomic E-state index is 0.0596. The summed E-state index contributed by atoms with van der Waals surface area (Å²) >= 11 is 0. The minimum Gasteiger partial charge on any atom is -0.399 e. The van der Waals surface area contributed by atoms with E-state index in [2.05, 4.69) is 34.5 Å². The highest BCUT2D eigenvalue weighted by molar-refractivity contribution is 5.76. The molecule has 0 aromatic heterocycles. The number of para-hydroxylation sites is 1. The Labute approximate surface area is 150 Å². The number of rotatable bonds is 7. The molecule has 1 heterocycles. The summed E-state index contributed by atoms with van der Waals surface area (Å²) < 4.78 is 0. The van der Waals surface area contributed by atoms with Gasteiger partial charge in [0.1, 0.15) is 0 Å². The first kappa shape index (κ1) is 17.5. The van der Waals surface area contributed by atoms with E-state index in [1.165, 1.54) is 31.5 Å². The molecule has 132 valence electrons. The van der Waals surface area contributed by atoms with Crippen molar-refractivity contribution in [1.29, 1.82) is 0 Å². The molecule has 0 aliphatic carbocycles. The number of aryl methyl sites for hydroxylation is 1. The summed E-state index contributed by atoms with van der Waals surface area (Å²) in [6.45, 7) is 4.03. The summed E-state index contributed by atoms with van der Waals surface area (Å²) in [6, 6.07) is 16.3. The number of nitrogen functional groups attached to an aromatic ring is 1. The summed E-state index contributed by atoms with van der Waals surface area (Å²) in [5, 5.41) is 2.99. The van der Waals surface area contributed by atoms with Gasteiger partial charge in [0.05, 0.1) is 0 Å². The molecule has 0 bridgehead atoms. The predicted octanol–water partition coefficient (Wildman–Crippen LogP) is 3.11. The van der Waals surface area contributed by atoms with Crippen LogP contribution in [0.15, 0.2) is 48.5 Å². The van der Waals surface area contributed by atoms with Crippen LogP contribution in [0.5, 0.6) is 0 Å². The molecular weight excluding hydrogens is 310 g/mol. The van der Waals surface area contributed by atoms with E-state index in [9.17, 15) is 4.79 Å². The van der Waals surface area contributed by atoms with Gasteiger partial charge in [0.15, 0.2) is 0 Å².